The molecule has 3 aromatic rings. The van der Waals surface area contributed by atoms with Crippen LogP contribution in [0.3, 0.4) is 0 Å². The zero-order chi connectivity index (χ0) is 29.6. The Kier molecular flexibility index (Phi) is 6.08. The largest absolute Gasteiger partial charge is 0.541 e. The van der Waals surface area contributed by atoms with Gasteiger partial charge in [-0.3, -0.25) is 9.05 Å². The third-order valence-electron chi connectivity index (χ3n) is 10.6. The second-order valence-electron chi connectivity index (χ2n) is 13.5. The van der Waals surface area contributed by atoms with E-state index >= 15 is 0 Å². The standard InChI is InChI=1S/C40H40O2P/c1-23-19-25(3)36(26(4)20-23)30-11-13-34-38-32(30)15-17-40(38)18-16-33-31(37-27(5)21-24(2)22-28(37)6)12-14-35(39(33)40)42-43(41-34)29-9-7-8-10-29/h7-14,19-23,36H,15-18H2,1-6H3/q+1/t23?,36?,40-/m1/s1. The van der Waals surface area contributed by atoms with Gasteiger partial charge in [-0.2, -0.15) is 0 Å². The summed E-state index contributed by atoms with van der Waals surface area (Å²) in [6.45, 7) is 13.7. The highest BCUT2D eigenvalue weighted by molar-refractivity contribution is 7.51. The lowest BCUT2D eigenvalue weighted by molar-refractivity contribution is 0.436. The Morgan fingerprint density at radius 1 is 0.744 bits per heavy atom. The lowest BCUT2D eigenvalue weighted by Crippen LogP contribution is -2.24. The average molecular weight is 584 g/mol. The fraction of sp³-hybridized carbons (Fsp3) is 0.325. The molecule has 1 spiro atoms. The van der Waals surface area contributed by atoms with E-state index in [1.165, 1.54) is 66.8 Å². The molecule has 0 aromatic heterocycles. The lowest BCUT2D eigenvalue weighted by Gasteiger charge is -2.32. The van der Waals surface area contributed by atoms with E-state index in [0.29, 0.717) is 11.8 Å². The van der Waals surface area contributed by atoms with Crippen LogP contribution in [0.25, 0.3) is 11.1 Å². The van der Waals surface area contributed by atoms with Crippen molar-refractivity contribution < 1.29 is 9.05 Å². The Morgan fingerprint density at radius 3 is 1.98 bits per heavy atom. The van der Waals surface area contributed by atoms with Crippen LogP contribution in [-0.4, -0.2) is 5.29 Å². The van der Waals surface area contributed by atoms with Crippen LogP contribution in [0.4, 0.5) is 0 Å². The van der Waals surface area contributed by atoms with Crippen molar-refractivity contribution >= 4 is 13.3 Å². The molecule has 1 heterocycles. The molecular formula is C40H40O2P+. The summed E-state index contributed by atoms with van der Waals surface area (Å²) in [4.78, 5) is 0. The molecule has 2 atom stereocenters. The van der Waals surface area contributed by atoms with Gasteiger partial charge in [0.15, 0.2) is 11.5 Å². The van der Waals surface area contributed by atoms with Crippen molar-refractivity contribution in [2.75, 3.05) is 0 Å². The maximum absolute atomic E-state index is 6.97. The van der Waals surface area contributed by atoms with E-state index in [-0.39, 0.29) is 5.41 Å². The third-order valence-corrected chi connectivity index (χ3v) is 12.0. The quantitative estimate of drug-likeness (QED) is 0.221. The zero-order valence-corrected chi connectivity index (χ0v) is 27.1. The van der Waals surface area contributed by atoms with Gasteiger partial charge in [-0.05, 0) is 129 Å². The molecule has 43 heavy (non-hydrogen) atoms. The van der Waals surface area contributed by atoms with Crippen molar-refractivity contribution in [3.8, 4) is 22.6 Å². The van der Waals surface area contributed by atoms with Gasteiger partial charge in [-0.15, -0.1) is 0 Å². The predicted octanol–water partition coefficient (Wildman–Crippen LogP) is 10.5. The molecule has 2 nitrogen and oxygen atoms in total. The number of rotatable bonds is 2. The molecule has 3 heteroatoms. The predicted molar refractivity (Wildman–Crippen MR) is 181 cm³/mol. The Bertz CT molecular complexity index is 1840. The molecule has 5 aliphatic rings. The molecule has 4 aliphatic carbocycles. The minimum absolute atomic E-state index is 0.0848. The van der Waals surface area contributed by atoms with E-state index in [2.05, 4.69) is 114 Å². The van der Waals surface area contributed by atoms with Crippen LogP contribution in [0.1, 0.15) is 84.0 Å². The van der Waals surface area contributed by atoms with Crippen LogP contribution >= 0.6 is 8.00 Å². The van der Waals surface area contributed by atoms with Crippen molar-refractivity contribution in [2.45, 2.75) is 78.6 Å². The van der Waals surface area contributed by atoms with Gasteiger partial charge in [0.25, 0.3) is 0 Å². The highest BCUT2D eigenvalue weighted by atomic mass is 31.1. The van der Waals surface area contributed by atoms with Crippen LogP contribution in [0, 0.1) is 26.7 Å². The Hall–Kier alpha value is -3.61. The fourth-order valence-corrected chi connectivity index (χ4v) is 10.6. The molecule has 0 saturated heterocycles. The first-order valence-corrected chi connectivity index (χ1v) is 17.1. The molecule has 3 aromatic carbocycles. The van der Waals surface area contributed by atoms with Gasteiger partial charge >= 0.3 is 8.00 Å². The third kappa shape index (κ3) is 3.95. The minimum Gasteiger partial charge on any atom is -0.253 e. The smallest absolute Gasteiger partial charge is 0.253 e. The summed E-state index contributed by atoms with van der Waals surface area (Å²) >= 11 is 0. The monoisotopic (exact) mass is 583 g/mol. The first-order valence-electron chi connectivity index (χ1n) is 15.9. The van der Waals surface area contributed by atoms with Gasteiger partial charge in [-0.25, -0.2) is 0 Å². The van der Waals surface area contributed by atoms with Gasteiger partial charge in [0.2, 0.25) is 5.29 Å². The van der Waals surface area contributed by atoms with E-state index in [1.807, 2.05) is 0 Å². The second kappa shape index (κ2) is 9.70. The summed E-state index contributed by atoms with van der Waals surface area (Å²) < 4.78 is 13.9. The highest BCUT2D eigenvalue weighted by Crippen LogP contribution is 2.63. The number of allylic oxidation sites excluding steroid dienone is 8. The van der Waals surface area contributed by atoms with E-state index in [0.717, 1.165) is 42.5 Å². The van der Waals surface area contributed by atoms with Crippen LogP contribution in [0.2, 0.25) is 0 Å². The zero-order valence-electron chi connectivity index (χ0n) is 26.2. The van der Waals surface area contributed by atoms with E-state index < -0.39 is 8.00 Å². The summed E-state index contributed by atoms with van der Waals surface area (Å²) in [5.74, 6) is 2.89. The first kappa shape index (κ1) is 27.0. The maximum atomic E-state index is 6.97. The maximum Gasteiger partial charge on any atom is 0.541 e. The SMILES string of the molecule is CC1=CC(C)C=C(C)C1c1ccc2c3c1CC[C@@]31CCc3c(-c4c(C)cc(C)cc4C)ccc(c31)O[P+](=C1C=CC=C1)O2. The van der Waals surface area contributed by atoms with Crippen LogP contribution < -0.4 is 9.05 Å². The fourth-order valence-electron chi connectivity index (χ4n) is 9.24. The van der Waals surface area contributed by atoms with Crippen molar-refractivity contribution in [1.29, 1.82) is 0 Å². The molecule has 0 N–H and O–H groups in total. The van der Waals surface area contributed by atoms with Crippen molar-refractivity contribution in [3.63, 3.8) is 0 Å². The lowest BCUT2D eigenvalue weighted by atomic mass is 9.73. The van der Waals surface area contributed by atoms with Gasteiger partial charge < -0.3 is 0 Å². The van der Waals surface area contributed by atoms with Gasteiger partial charge in [0.05, 0.1) is 0 Å². The molecular weight excluding hydrogens is 543 g/mol. The molecule has 0 radical (unpaired) electrons. The molecule has 1 unspecified atom stereocenters. The molecule has 0 bridgehead atoms. The minimum atomic E-state index is -1.31. The molecule has 0 saturated carbocycles. The summed E-state index contributed by atoms with van der Waals surface area (Å²) in [5, 5.41) is 1.12. The van der Waals surface area contributed by atoms with Crippen LogP contribution in [-0.2, 0) is 18.3 Å². The van der Waals surface area contributed by atoms with Gasteiger partial charge in [0.1, 0.15) is 0 Å². The molecule has 1 aliphatic heterocycles. The summed E-state index contributed by atoms with van der Waals surface area (Å²) in [6, 6.07) is 13.9. The van der Waals surface area contributed by atoms with Gasteiger partial charge in [-0.1, -0.05) is 72.2 Å². The topological polar surface area (TPSA) is 18.5 Å². The average Bonchev–Trinajstić information content (AvgIpc) is 3.69. The van der Waals surface area contributed by atoms with E-state index in [9.17, 15) is 0 Å². The van der Waals surface area contributed by atoms with Crippen molar-refractivity contribution in [2.24, 2.45) is 5.92 Å². The Balaban J connectivity index is 1.40. The number of hydrogen-bond donors (Lipinski definition) is 0. The Morgan fingerprint density at radius 2 is 1.33 bits per heavy atom. The van der Waals surface area contributed by atoms with Crippen LogP contribution in [0.15, 0.2) is 84.0 Å². The molecule has 0 amide bonds. The second-order valence-corrected chi connectivity index (χ2v) is 14.9. The number of hydrogen-bond acceptors (Lipinski definition) is 2. The number of benzene rings is 3. The number of aryl methyl sites for hydroxylation is 3. The van der Waals surface area contributed by atoms with E-state index in [1.54, 1.807) is 0 Å². The van der Waals surface area contributed by atoms with Crippen LogP contribution in [0.5, 0.6) is 11.5 Å². The summed E-state index contributed by atoms with van der Waals surface area (Å²) in [7, 11) is -1.31. The highest BCUT2D eigenvalue weighted by Gasteiger charge is 2.53. The van der Waals surface area contributed by atoms with Crippen molar-refractivity contribution in [3.05, 3.63) is 129 Å². The molecule has 0 fully saturated rings. The molecule has 8 rings (SSSR count). The Labute approximate surface area is 257 Å². The summed E-state index contributed by atoms with van der Waals surface area (Å²) in [5.41, 5.74) is 17.0. The van der Waals surface area contributed by atoms with Gasteiger partial charge in [0, 0.05) is 22.5 Å². The normalized spacial score (nSPS) is 25.4. The van der Waals surface area contributed by atoms with Crippen molar-refractivity contribution in [1.82, 2.24) is 0 Å². The summed E-state index contributed by atoms with van der Waals surface area (Å²) in [6.07, 6.45) is 17.7. The first-order chi connectivity index (χ1) is 20.7. The molecule has 216 valence electrons. The van der Waals surface area contributed by atoms with E-state index in [4.69, 9.17) is 9.05 Å².